The van der Waals surface area contributed by atoms with E-state index in [4.69, 9.17) is 14.6 Å². The predicted octanol–water partition coefficient (Wildman–Crippen LogP) is 9.28. The average Bonchev–Trinajstić information content (AvgIpc) is 3.28. The summed E-state index contributed by atoms with van der Waals surface area (Å²) in [5.41, 5.74) is 3.36. The van der Waals surface area contributed by atoms with Gasteiger partial charge in [0.2, 0.25) is 0 Å². The Morgan fingerprint density at radius 1 is 1.10 bits per heavy atom. The summed E-state index contributed by atoms with van der Waals surface area (Å²) < 4.78 is 43.6. The highest BCUT2D eigenvalue weighted by Crippen LogP contribution is 2.35. The number of aliphatic carboxylic acids is 1. The van der Waals surface area contributed by atoms with E-state index in [1.54, 1.807) is 24.9 Å². The first kappa shape index (κ1) is 33.9. The number of ether oxygens (including phenoxy) is 1. The molecule has 0 amide bonds. The molecule has 0 atom stereocenters. The zero-order valence-electron chi connectivity index (χ0n) is 22.7. The lowest BCUT2D eigenvalue weighted by Gasteiger charge is -2.06. The van der Waals surface area contributed by atoms with E-state index in [9.17, 15) is 13.2 Å². The minimum Gasteiger partial charge on any atom is -0.481 e. The number of carboxylic acids is 1. The summed E-state index contributed by atoms with van der Waals surface area (Å²) in [5, 5.41) is 8.12. The second-order valence-electron chi connectivity index (χ2n) is 8.10. The van der Waals surface area contributed by atoms with Crippen LogP contribution in [-0.2, 0) is 28.1 Å². The van der Waals surface area contributed by atoms with E-state index >= 15 is 0 Å². The molecule has 39 heavy (non-hydrogen) atoms. The van der Waals surface area contributed by atoms with Gasteiger partial charge in [-0.05, 0) is 56.2 Å². The number of aromatic nitrogens is 1. The van der Waals surface area contributed by atoms with E-state index in [2.05, 4.69) is 43.6 Å². The van der Waals surface area contributed by atoms with Gasteiger partial charge in [-0.1, -0.05) is 55.2 Å². The summed E-state index contributed by atoms with van der Waals surface area (Å²) >= 11 is 3.22. The molecule has 3 rings (SSSR count). The second kappa shape index (κ2) is 17.4. The number of thiazole rings is 1. The van der Waals surface area contributed by atoms with Crippen molar-refractivity contribution in [3.05, 3.63) is 107 Å². The molecule has 0 aliphatic rings. The Morgan fingerprint density at radius 3 is 2.26 bits per heavy atom. The number of hydrogen-bond acceptors (Lipinski definition) is 5. The average molecular weight is 578 g/mol. The first-order valence-electron chi connectivity index (χ1n) is 11.9. The second-order valence-corrected chi connectivity index (χ2v) is 10.2. The number of halogens is 3. The minimum absolute atomic E-state index is 0.375. The van der Waals surface area contributed by atoms with Crippen LogP contribution in [0.4, 0.5) is 13.2 Å². The van der Waals surface area contributed by atoms with E-state index in [-0.39, 0.29) is 0 Å². The monoisotopic (exact) mass is 577 g/mol. The third-order valence-electron chi connectivity index (χ3n) is 4.92. The van der Waals surface area contributed by atoms with Gasteiger partial charge in [0.1, 0.15) is 5.01 Å². The van der Waals surface area contributed by atoms with Crippen LogP contribution in [0.3, 0.4) is 0 Å². The molecular weight excluding hydrogens is 543 g/mol. The molecule has 0 radical (unpaired) electrons. The topological polar surface area (TPSA) is 59.4 Å². The van der Waals surface area contributed by atoms with Gasteiger partial charge in [-0.25, -0.2) is 4.98 Å². The summed E-state index contributed by atoms with van der Waals surface area (Å²) in [6.45, 7) is 11.1. The molecular formula is C30H34F3NO3S2. The number of carboxylic acid groups (broad SMARTS) is 1. The van der Waals surface area contributed by atoms with Crippen LogP contribution >= 0.6 is 23.1 Å². The Balaban J connectivity index is 0.000000585. The van der Waals surface area contributed by atoms with Gasteiger partial charge < -0.3 is 9.84 Å². The molecule has 1 aromatic heterocycles. The number of thioether (sulfide) groups is 1. The van der Waals surface area contributed by atoms with Crippen LogP contribution in [0.15, 0.2) is 84.3 Å². The van der Waals surface area contributed by atoms with E-state index in [1.165, 1.54) is 39.5 Å². The fraction of sp³-hybridized carbons (Fsp3) is 0.267. The van der Waals surface area contributed by atoms with E-state index < -0.39 is 17.7 Å². The molecule has 0 aliphatic carbocycles. The van der Waals surface area contributed by atoms with E-state index in [1.807, 2.05) is 31.2 Å². The summed E-state index contributed by atoms with van der Waals surface area (Å²) in [4.78, 5) is 15.9. The highest BCUT2D eigenvalue weighted by atomic mass is 32.2. The number of benzene rings is 2. The maximum Gasteiger partial charge on any atom is 0.416 e. The quantitative estimate of drug-likeness (QED) is 0.214. The molecule has 3 aromatic rings. The minimum atomic E-state index is -4.34. The molecule has 0 unspecified atom stereocenters. The van der Waals surface area contributed by atoms with Gasteiger partial charge in [0.25, 0.3) is 5.97 Å². The molecule has 0 saturated carbocycles. The number of alkyl halides is 3. The van der Waals surface area contributed by atoms with Gasteiger partial charge in [-0.15, -0.1) is 23.1 Å². The van der Waals surface area contributed by atoms with Gasteiger partial charge in [0.05, 0.1) is 17.9 Å². The van der Waals surface area contributed by atoms with Gasteiger partial charge in [0.15, 0.2) is 0 Å². The van der Waals surface area contributed by atoms with E-state index in [0.29, 0.717) is 17.2 Å². The van der Waals surface area contributed by atoms with Crippen LogP contribution in [0.5, 0.6) is 0 Å². The summed E-state index contributed by atoms with van der Waals surface area (Å²) in [7, 11) is 1.61. The molecule has 1 heterocycles. The SMILES string of the molecule is C=C/C=C\C=C/C.CC(=O)O.COCc1nc(-c2ccc(C(F)(F)F)cc2)sc1CSc1ccc(C)c(C)c1. The molecule has 9 heteroatoms. The number of aryl methyl sites for hydroxylation is 2. The molecule has 4 nitrogen and oxygen atoms in total. The van der Waals surface area contributed by atoms with Crippen LogP contribution in [0.2, 0.25) is 0 Å². The molecule has 2 aromatic carbocycles. The van der Waals surface area contributed by atoms with Crippen molar-refractivity contribution in [2.75, 3.05) is 7.11 Å². The van der Waals surface area contributed by atoms with Crippen molar-refractivity contribution in [3.63, 3.8) is 0 Å². The smallest absolute Gasteiger partial charge is 0.416 e. The number of nitrogens with zero attached hydrogens (tertiary/aromatic N) is 1. The largest absolute Gasteiger partial charge is 0.481 e. The molecule has 1 N–H and O–H groups in total. The summed E-state index contributed by atoms with van der Waals surface area (Å²) in [6, 6.07) is 11.5. The highest BCUT2D eigenvalue weighted by Gasteiger charge is 2.30. The number of carbonyl (C=O) groups is 1. The standard InChI is InChI=1S/C21H20F3NOS2.C7H10.C2H4O2/c1-13-4-9-17(10-14(13)2)27-12-19-18(11-26-3)25-20(28-19)15-5-7-16(8-6-15)21(22,23)24;1-3-5-7-6-4-2;1-2(3)4/h4-10H,11-12H2,1-3H3;3-7H,1H2,2H3;1H3,(H,3,4)/b;6-4-,7-5-;. The lowest BCUT2D eigenvalue weighted by molar-refractivity contribution is -0.137. The lowest BCUT2D eigenvalue weighted by Crippen LogP contribution is -2.03. The lowest BCUT2D eigenvalue weighted by atomic mass is 10.1. The van der Waals surface area contributed by atoms with Crippen molar-refractivity contribution in [1.29, 1.82) is 0 Å². The predicted molar refractivity (Wildman–Crippen MR) is 156 cm³/mol. The van der Waals surface area contributed by atoms with Crippen LogP contribution in [0.25, 0.3) is 10.6 Å². The van der Waals surface area contributed by atoms with Crippen molar-refractivity contribution in [1.82, 2.24) is 4.98 Å². The number of allylic oxidation sites excluding steroid dienone is 5. The van der Waals surface area contributed by atoms with Gasteiger partial charge in [-0.3, -0.25) is 4.79 Å². The van der Waals surface area contributed by atoms with Crippen molar-refractivity contribution in [3.8, 4) is 10.6 Å². The molecule has 0 bridgehead atoms. The summed E-state index contributed by atoms with van der Waals surface area (Å²) in [5.74, 6) is -0.0977. The maximum absolute atomic E-state index is 12.8. The Bertz CT molecular complexity index is 1240. The number of rotatable bonds is 8. The third kappa shape index (κ3) is 13.0. The number of hydrogen-bond donors (Lipinski definition) is 1. The van der Waals surface area contributed by atoms with Gasteiger partial charge in [-0.2, -0.15) is 13.2 Å². The normalized spacial score (nSPS) is 11.1. The molecule has 0 spiro atoms. The Kier molecular flexibility index (Phi) is 15.2. The first-order chi connectivity index (χ1) is 18.4. The van der Waals surface area contributed by atoms with Crippen molar-refractivity contribution >= 4 is 29.1 Å². The van der Waals surface area contributed by atoms with Crippen LogP contribution in [-0.4, -0.2) is 23.2 Å². The van der Waals surface area contributed by atoms with Crippen LogP contribution in [0.1, 0.15) is 41.1 Å². The van der Waals surface area contributed by atoms with E-state index in [0.717, 1.165) is 35.4 Å². The fourth-order valence-electron chi connectivity index (χ4n) is 2.88. The van der Waals surface area contributed by atoms with Gasteiger partial charge >= 0.3 is 6.18 Å². The maximum atomic E-state index is 12.8. The molecule has 0 saturated heterocycles. The first-order valence-corrected chi connectivity index (χ1v) is 13.7. The van der Waals surface area contributed by atoms with Gasteiger partial charge in [0, 0.05) is 35.1 Å². The molecule has 0 aliphatic heterocycles. The van der Waals surface area contributed by atoms with Crippen molar-refractivity contribution in [2.45, 2.75) is 51.1 Å². The zero-order chi connectivity index (χ0) is 29.4. The number of methoxy groups -OCH3 is 1. The molecule has 210 valence electrons. The Labute approximate surface area is 237 Å². The summed E-state index contributed by atoms with van der Waals surface area (Å²) in [6.07, 6.45) is 5.17. The van der Waals surface area contributed by atoms with Crippen molar-refractivity contribution < 1.29 is 27.8 Å². The van der Waals surface area contributed by atoms with Crippen molar-refractivity contribution in [2.24, 2.45) is 0 Å². The van der Waals surface area contributed by atoms with Crippen LogP contribution in [0, 0.1) is 13.8 Å². The fourth-order valence-corrected chi connectivity index (χ4v) is 5.04. The Hall–Kier alpha value is -3.14. The third-order valence-corrected chi connectivity index (χ3v) is 7.27. The zero-order valence-corrected chi connectivity index (χ0v) is 24.3. The molecule has 0 fully saturated rings. The Morgan fingerprint density at radius 2 is 1.74 bits per heavy atom. The highest BCUT2D eigenvalue weighted by molar-refractivity contribution is 7.98. The van der Waals surface area contributed by atoms with Crippen LogP contribution < -0.4 is 0 Å².